The van der Waals surface area contributed by atoms with Gasteiger partial charge < -0.3 is 0 Å². The maximum absolute atomic E-state index is 8.54. The van der Waals surface area contributed by atoms with E-state index in [0.29, 0.717) is 0 Å². The summed E-state index contributed by atoms with van der Waals surface area (Å²) in [5.41, 5.74) is -0.0694. The van der Waals surface area contributed by atoms with E-state index in [-0.39, 0.29) is 5.41 Å². The van der Waals surface area contributed by atoms with Crippen molar-refractivity contribution < 1.29 is 0 Å². The Balaban J connectivity index is 2.63. The van der Waals surface area contributed by atoms with Crippen LogP contribution in [0.15, 0.2) is 12.2 Å². The number of rotatable bonds is 0. The molecule has 0 spiro atoms. The summed E-state index contributed by atoms with van der Waals surface area (Å²) in [6.45, 7) is 1.99. The first-order valence-corrected chi connectivity index (χ1v) is 2.83. The van der Waals surface area contributed by atoms with Crippen LogP contribution in [0.2, 0.25) is 0 Å². The number of nitriles is 1. The van der Waals surface area contributed by atoms with E-state index in [2.05, 4.69) is 18.2 Å². The Morgan fingerprint density at radius 1 is 1.50 bits per heavy atom. The fraction of sp³-hybridized carbons (Fsp3) is 0.571. The molecule has 1 aliphatic rings. The zero-order valence-electron chi connectivity index (χ0n) is 5.02. The van der Waals surface area contributed by atoms with Crippen LogP contribution in [0, 0.1) is 16.7 Å². The summed E-state index contributed by atoms with van der Waals surface area (Å²) < 4.78 is 0. The van der Waals surface area contributed by atoms with Crippen LogP contribution < -0.4 is 0 Å². The predicted molar refractivity (Wildman–Crippen MR) is 32.1 cm³/mol. The van der Waals surface area contributed by atoms with E-state index >= 15 is 0 Å². The topological polar surface area (TPSA) is 23.8 Å². The molecular formula is C7H9N. The first-order valence-electron chi connectivity index (χ1n) is 2.83. The highest BCUT2D eigenvalue weighted by molar-refractivity contribution is 5.10. The molecule has 0 bridgehead atoms. The summed E-state index contributed by atoms with van der Waals surface area (Å²) in [4.78, 5) is 0. The molecular weight excluding hydrogens is 98.1 g/mol. The van der Waals surface area contributed by atoms with Gasteiger partial charge >= 0.3 is 0 Å². The highest BCUT2D eigenvalue weighted by atomic mass is 14.3. The lowest BCUT2D eigenvalue weighted by atomic mass is 9.90. The maximum Gasteiger partial charge on any atom is 0.0693 e. The van der Waals surface area contributed by atoms with Crippen LogP contribution in [0.1, 0.15) is 19.8 Å². The zero-order chi connectivity index (χ0) is 6.04. The van der Waals surface area contributed by atoms with Crippen molar-refractivity contribution in [2.75, 3.05) is 0 Å². The molecule has 0 unspecified atom stereocenters. The molecule has 0 saturated carbocycles. The molecule has 1 nitrogen and oxygen atoms in total. The average Bonchev–Trinajstić information content (AvgIpc) is 2.17. The number of allylic oxidation sites excluding steroid dienone is 2. The van der Waals surface area contributed by atoms with Crippen LogP contribution >= 0.6 is 0 Å². The highest BCUT2D eigenvalue weighted by Gasteiger charge is 2.23. The maximum atomic E-state index is 8.54. The number of nitrogens with zero attached hydrogens (tertiary/aromatic N) is 1. The second-order valence-electron chi connectivity index (χ2n) is 2.55. The van der Waals surface area contributed by atoms with E-state index in [1.807, 2.05) is 6.92 Å². The van der Waals surface area contributed by atoms with Crippen molar-refractivity contribution in [2.24, 2.45) is 5.41 Å². The van der Waals surface area contributed by atoms with Crippen LogP contribution in [0.4, 0.5) is 0 Å². The quantitative estimate of drug-likeness (QED) is 0.433. The SMILES string of the molecule is CC1(C#N)CC=CC1. The highest BCUT2D eigenvalue weighted by Crippen LogP contribution is 2.30. The van der Waals surface area contributed by atoms with Gasteiger partial charge in [-0.2, -0.15) is 5.26 Å². The summed E-state index contributed by atoms with van der Waals surface area (Å²) in [5.74, 6) is 0. The van der Waals surface area contributed by atoms with E-state index in [9.17, 15) is 0 Å². The Hall–Kier alpha value is -0.770. The van der Waals surface area contributed by atoms with Crippen LogP contribution in [-0.4, -0.2) is 0 Å². The van der Waals surface area contributed by atoms with Crippen LogP contribution in [0.5, 0.6) is 0 Å². The predicted octanol–water partition coefficient (Wildman–Crippen LogP) is 1.87. The third-order valence-corrected chi connectivity index (χ3v) is 1.57. The first kappa shape index (κ1) is 5.37. The molecule has 0 aromatic heterocycles. The molecule has 0 amide bonds. The van der Waals surface area contributed by atoms with Crippen LogP contribution in [-0.2, 0) is 0 Å². The van der Waals surface area contributed by atoms with Gasteiger partial charge in [0.05, 0.1) is 11.5 Å². The Kier molecular flexibility index (Phi) is 1.09. The molecule has 0 saturated heterocycles. The Labute approximate surface area is 49.6 Å². The summed E-state index contributed by atoms with van der Waals surface area (Å²) in [6, 6.07) is 2.28. The molecule has 0 heterocycles. The molecule has 0 atom stereocenters. The van der Waals surface area contributed by atoms with Gasteiger partial charge in [0.15, 0.2) is 0 Å². The molecule has 0 aliphatic heterocycles. The fourth-order valence-corrected chi connectivity index (χ4v) is 0.862. The summed E-state index contributed by atoms with van der Waals surface area (Å²) >= 11 is 0. The van der Waals surface area contributed by atoms with Gasteiger partial charge in [-0.3, -0.25) is 0 Å². The molecule has 1 rings (SSSR count). The lowest BCUT2D eigenvalue weighted by Crippen LogP contribution is -2.06. The van der Waals surface area contributed by atoms with Gasteiger partial charge in [-0.25, -0.2) is 0 Å². The van der Waals surface area contributed by atoms with Crippen molar-refractivity contribution in [3.8, 4) is 6.07 Å². The van der Waals surface area contributed by atoms with E-state index in [1.54, 1.807) is 0 Å². The van der Waals surface area contributed by atoms with Gasteiger partial charge in [-0.15, -0.1) is 0 Å². The van der Waals surface area contributed by atoms with Crippen LogP contribution in [0.25, 0.3) is 0 Å². The van der Waals surface area contributed by atoms with E-state index in [1.165, 1.54) is 0 Å². The molecule has 0 fully saturated rings. The van der Waals surface area contributed by atoms with Crippen molar-refractivity contribution in [3.63, 3.8) is 0 Å². The van der Waals surface area contributed by atoms with Gasteiger partial charge in [-0.05, 0) is 19.8 Å². The van der Waals surface area contributed by atoms with Gasteiger partial charge in [0.2, 0.25) is 0 Å². The van der Waals surface area contributed by atoms with E-state index in [0.717, 1.165) is 12.8 Å². The van der Waals surface area contributed by atoms with E-state index < -0.39 is 0 Å². The molecule has 0 N–H and O–H groups in total. The third kappa shape index (κ3) is 0.742. The summed E-state index contributed by atoms with van der Waals surface area (Å²) in [7, 11) is 0. The molecule has 1 heteroatoms. The van der Waals surface area contributed by atoms with Gasteiger partial charge in [0, 0.05) is 0 Å². The molecule has 8 heavy (non-hydrogen) atoms. The van der Waals surface area contributed by atoms with Crippen molar-refractivity contribution in [2.45, 2.75) is 19.8 Å². The monoisotopic (exact) mass is 107 g/mol. The molecule has 1 aliphatic carbocycles. The van der Waals surface area contributed by atoms with Gasteiger partial charge in [0.1, 0.15) is 0 Å². The fourth-order valence-electron chi connectivity index (χ4n) is 0.862. The van der Waals surface area contributed by atoms with E-state index in [4.69, 9.17) is 5.26 Å². The largest absolute Gasteiger partial charge is 0.198 e. The Bertz CT molecular complexity index is 142. The second kappa shape index (κ2) is 1.63. The molecule has 42 valence electrons. The zero-order valence-corrected chi connectivity index (χ0v) is 5.02. The van der Waals surface area contributed by atoms with Crippen molar-refractivity contribution in [1.29, 1.82) is 5.26 Å². The number of hydrogen-bond donors (Lipinski definition) is 0. The minimum atomic E-state index is -0.0694. The van der Waals surface area contributed by atoms with Crippen molar-refractivity contribution in [3.05, 3.63) is 12.2 Å². The molecule has 0 aromatic rings. The minimum Gasteiger partial charge on any atom is -0.198 e. The van der Waals surface area contributed by atoms with Gasteiger partial charge in [-0.1, -0.05) is 12.2 Å². The Morgan fingerprint density at radius 3 is 2.25 bits per heavy atom. The lowest BCUT2D eigenvalue weighted by Gasteiger charge is -2.10. The average molecular weight is 107 g/mol. The first-order chi connectivity index (χ1) is 3.77. The lowest BCUT2D eigenvalue weighted by molar-refractivity contribution is 0.482. The third-order valence-electron chi connectivity index (χ3n) is 1.57. The minimum absolute atomic E-state index is 0.0694. The van der Waals surface area contributed by atoms with Crippen LogP contribution in [0.3, 0.4) is 0 Å². The van der Waals surface area contributed by atoms with Gasteiger partial charge in [0.25, 0.3) is 0 Å². The van der Waals surface area contributed by atoms with Crippen molar-refractivity contribution >= 4 is 0 Å². The van der Waals surface area contributed by atoms with Crippen molar-refractivity contribution in [1.82, 2.24) is 0 Å². The summed E-state index contributed by atoms with van der Waals surface area (Å²) in [6.07, 6.45) is 6.01. The normalized spacial score (nSPS) is 23.0. The summed E-state index contributed by atoms with van der Waals surface area (Å²) in [5, 5.41) is 8.54. The smallest absolute Gasteiger partial charge is 0.0693 e. The Morgan fingerprint density at radius 2 is 2.00 bits per heavy atom. The second-order valence-corrected chi connectivity index (χ2v) is 2.55. The molecule has 0 aromatic carbocycles. The number of hydrogen-bond acceptors (Lipinski definition) is 1. The molecule has 0 radical (unpaired) electrons. The standard InChI is InChI=1S/C7H9N/c1-7(6-8)4-2-3-5-7/h2-3H,4-5H2,1H3.